The van der Waals surface area contributed by atoms with E-state index < -0.39 is 0 Å². The van der Waals surface area contributed by atoms with Crippen LogP contribution in [0.4, 0.5) is 0 Å². The van der Waals surface area contributed by atoms with E-state index in [1.54, 1.807) is 0 Å². The van der Waals surface area contributed by atoms with Gasteiger partial charge in [-0.25, -0.2) is 0 Å². The van der Waals surface area contributed by atoms with Crippen molar-refractivity contribution in [3.05, 3.63) is 0 Å². The molecule has 62 valence electrons. The van der Waals surface area contributed by atoms with Gasteiger partial charge in [-0.1, -0.05) is 22.6 Å². The average Bonchev–Trinajstić information content (AvgIpc) is 1.88. The summed E-state index contributed by atoms with van der Waals surface area (Å²) in [6.45, 7) is 5.73. The zero-order chi connectivity index (χ0) is 7.98. The Hall–Kier alpha value is 0.690. The third-order valence-corrected chi connectivity index (χ3v) is 2.54. The van der Waals surface area contributed by atoms with Crippen molar-refractivity contribution in [2.24, 2.45) is 0 Å². The van der Waals surface area contributed by atoms with E-state index in [2.05, 4.69) is 48.4 Å². The van der Waals surface area contributed by atoms with Crippen LogP contribution in [-0.4, -0.2) is 29.0 Å². The van der Waals surface area contributed by atoms with Gasteiger partial charge < -0.3 is 4.90 Å². The van der Waals surface area contributed by atoms with Crippen molar-refractivity contribution in [3.63, 3.8) is 0 Å². The summed E-state index contributed by atoms with van der Waals surface area (Å²) in [5, 5.41) is 0. The Morgan fingerprint density at radius 3 is 2.30 bits per heavy atom. The zero-order valence-corrected chi connectivity index (χ0v) is 9.39. The highest BCUT2D eigenvalue weighted by molar-refractivity contribution is 14.1. The number of hydrogen-bond donors (Lipinski definition) is 0. The summed E-state index contributed by atoms with van der Waals surface area (Å²) >= 11 is 2.43. The monoisotopic (exact) mass is 255 g/mol. The third kappa shape index (κ3) is 5.47. The molecule has 0 aromatic rings. The number of nitrogens with zero attached hydrogens (tertiary/aromatic N) is 1. The van der Waals surface area contributed by atoms with Gasteiger partial charge in [0, 0.05) is 6.04 Å². The predicted octanol–water partition coefficient (Wildman–Crippen LogP) is 2.54. The van der Waals surface area contributed by atoms with Crippen LogP contribution < -0.4 is 0 Å². The van der Waals surface area contributed by atoms with Gasteiger partial charge in [-0.15, -0.1) is 0 Å². The molecule has 0 aliphatic carbocycles. The molecule has 0 saturated heterocycles. The lowest BCUT2D eigenvalue weighted by Crippen LogP contribution is -2.27. The number of rotatable bonds is 5. The summed E-state index contributed by atoms with van der Waals surface area (Å²) in [7, 11) is 2.19. The van der Waals surface area contributed by atoms with Crippen molar-refractivity contribution in [3.8, 4) is 0 Å². The van der Waals surface area contributed by atoms with Crippen molar-refractivity contribution in [1.82, 2.24) is 4.90 Å². The molecule has 2 heteroatoms. The summed E-state index contributed by atoms with van der Waals surface area (Å²) in [5.74, 6) is 0. The van der Waals surface area contributed by atoms with Crippen LogP contribution in [0.15, 0.2) is 0 Å². The quantitative estimate of drug-likeness (QED) is 0.414. The minimum atomic E-state index is 0.703. The van der Waals surface area contributed by atoms with Crippen LogP contribution in [0, 0.1) is 0 Å². The summed E-state index contributed by atoms with van der Waals surface area (Å²) in [5.41, 5.74) is 0. The Labute approximate surface area is 78.3 Å². The molecule has 0 amide bonds. The fourth-order valence-corrected chi connectivity index (χ4v) is 1.25. The maximum absolute atomic E-state index is 2.43. The normalized spacial score (nSPS) is 11.4. The Morgan fingerprint density at radius 1 is 1.30 bits per heavy atom. The molecule has 0 spiro atoms. The molecule has 0 aromatic carbocycles. The van der Waals surface area contributed by atoms with Crippen LogP contribution >= 0.6 is 22.6 Å². The first-order valence-corrected chi connectivity index (χ1v) is 5.47. The lowest BCUT2D eigenvalue weighted by atomic mass is 10.3. The largest absolute Gasteiger partial charge is 0.304 e. The van der Waals surface area contributed by atoms with Crippen LogP contribution in [0.25, 0.3) is 0 Å². The highest BCUT2D eigenvalue weighted by atomic mass is 127. The van der Waals surface area contributed by atoms with E-state index in [0.29, 0.717) is 6.04 Å². The molecule has 0 atom stereocenters. The molecular weight excluding hydrogens is 237 g/mol. The summed E-state index contributed by atoms with van der Waals surface area (Å²) < 4.78 is 1.30. The van der Waals surface area contributed by atoms with Crippen molar-refractivity contribution in [1.29, 1.82) is 0 Å². The Kier molecular flexibility index (Phi) is 6.85. The molecule has 0 aliphatic rings. The van der Waals surface area contributed by atoms with Crippen LogP contribution in [-0.2, 0) is 0 Å². The molecule has 1 nitrogen and oxygen atoms in total. The molecule has 0 unspecified atom stereocenters. The first-order valence-electron chi connectivity index (χ1n) is 3.94. The molecule has 0 aliphatic heterocycles. The summed E-state index contributed by atoms with van der Waals surface area (Å²) in [6, 6.07) is 0.703. The second-order valence-corrected chi connectivity index (χ2v) is 4.05. The van der Waals surface area contributed by atoms with Gasteiger partial charge in [-0.05, 0) is 44.7 Å². The van der Waals surface area contributed by atoms with Crippen LogP contribution in [0.1, 0.15) is 26.7 Å². The molecule has 0 rings (SSSR count). The fourth-order valence-electron chi connectivity index (χ4n) is 0.714. The van der Waals surface area contributed by atoms with Gasteiger partial charge in [0.2, 0.25) is 0 Å². The summed E-state index contributed by atoms with van der Waals surface area (Å²) in [6.07, 6.45) is 2.70. The van der Waals surface area contributed by atoms with Crippen molar-refractivity contribution in [2.75, 3.05) is 18.0 Å². The van der Waals surface area contributed by atoms with Gasteiger partial charge in [0.15, 0.2) is 0 Å². The second-order valence-electron chi connectivity index (χ2n) is 2.97. The van der Waals surface area contributed by atoms with E-state index in [-0.39, 0.29) is 0 Å². The van der Waals surface area contributed by atoms with E-state index >= 15 is 0 Å². The number of alkyl halides is 1. The number of halogens is 1. The third-order valence-electron chi connectivity index (χ3n) is 1.78. The van der Waals surface area contributed by atoms with Gasteiger partial charge in [-0.3, -0.25) is 0 Å². The maximum Gasteiger partial charge on any atom is 0.00355 e. The molecular formula is C8H18IN. The predicted molar refractivity (Wildman–Crippen MR) is 55.9 cm³/mol. The zero-order valence-electron chi connectivity index (χ0n) is 7.23. The average molecular weight is 255 g/mol. The molecule has 0 N–H and O–H groups in total. The smallest absolute Gasteiger partial charge is 0.00355 e. The Bertz CT molecular complexity index is 73.7. The molecule has 0 heterocycles. The Morgan fingerprint density at radius 2 is 1.90 bits per heavy atom. The van der Waals surface area contributed by atoms with Gasteiger partial charge in [0.25, 0.3) is 0 Å². The summed E-state index contributed by atoms with van der Waals surface area (Å²) in [4.78, 5) is 2.40. The van der Waals surface area contributed by atoms with Crippen LogP contribution in [0.5, 0.6) is 0 Å². The van der Waals surface area contributed by atoms with E-state index in [9.17, 15) is 0 Å². The minimum absolute atomic E-state index is 0.703. The molecule has 0 radical (unpaired) electrons. The number of unbranched alkanes of at least 4 members (excludes halogenated alkanes) is 1. The van der Waals surface area contributed by atoms with E-state index in [4.69, 9.17) is 0 Å². The SMILES string of the molecule is CC(C)N(C)CCCCI. The maximum atomic E-state index is 2.43. The molecule has 0 bridgehead atoms. The number of hydrogen-bond acceptors (Lipinski definition) is 1. The van der Waals surface area contributed by atoms with Gasteiger partial charge in [0.05, 0.1) is 0 Å². The lowest BCUT2D eigenvalue weighted by molar-refractivity contribution is 0.270. The minimum Gasteiger partial charge on any atom is -0.304 e. The fraction of sp³-hybridized carbons (Fsp3) is 1.00. The second kappa shape index (κ2) is 6.40. The van der Waals surface area contributed by atoms with Crippen molar-refractivity contribution < 1.29 is 0 Å². The topological polar surface area (TPSA) is 3.24 Å². The highest BCUT2D eigenvalue weighted by Crippen LogP contribution is 1.99. The first-order chi connectivity index (χ1) is 4.68. The first kappa shape index (κ1) is 10.7. The lowest BCUT2D eigenvalue weighted by Gasteiger charge is -2.20. The van der Waals surface area contributed by atoms with Gasteiger partial charge in [0.1, 0.15) is 0 Å². The van der Waals surface area contributed by atoms with Crippen molar-refractivity contribution >= 4 is 22.6 Å². The van der Waals surface area contributed by atoms with Crippen molar-refractivity contribution in [2.45, 2.75) is 32.7 Å². The van der Waals surface area contributed by atoms with E-state index in [1.165, 1.54) is 23.8 Å². The molecule has 0 aromatic heterocycles. The molecule has 0 saturated carbocycles. The van der Waals surface area contributed by atoms with E-state index in [0.717, 1.165) is 0 Å². The molecule has 10 heavy (non-hydrogen) atoms. The van der Waals surface area contributed by atoms with Gasteiger partial charge in [-0.2, -0.15) is 0 Å². The van der Waals surface area contributed by atoms with Gasteiger partial charge >= 0.3 is 0 Å². The van der Waals surface area contributed by atoms with E-state index in [1.807, 2.05) is 0 Å². The van der Waals surface area contributed by atoms with Crippen LogP contribution in [0.3, 0.4) is 0 Å². The Balaban J connectivity index is 3.13. The highest BCUT2D eigenvalue weighted by Gasteiger charge is 2.00. The molecule has 0 fully saturated rings. The van der Waals surface area contributed by atoms with Crippen LogP contribution in [0.2, 0.25) is 0 Å². The standard InChI is InChI=1S/C8H18IN/c1-8(2)10(3)7-5-4-6-9/h8H,4-7H2,1-3H3.